The number of aryl methyl sites for hydroxylation is 1. The molecule has 0 N–H and O–H groups in total. The third-order valence-electron chi connectivity index (χ3n) is 4.91. The number of esters is 1. The number of ether oxygens (including phenoxy) is 1. The van der Waals surface area contributed by atoms with Crippen molar-refractivity contribution in [2.45, 2.75) is 52.1 Å². The molecule has 0 aliphatic rings. The van der Waals surface area contributed by atoms with Crippen molar-refractivity contribution in [3.05, 3.63) is 71.5 Å². The molecule has 2 aromatic carbocycles. The van der Waals surface area contributed by atoms with Crippen LogP contribution in [0.2, 0.25) is 0 Å². The van der Waals surface area contributed by atoms with E-state index in [1.807, 2.05) is 48.5 Å². The van der Waals surface area contributed by atoms with Gasteiger partial charge in [-0.05, 0) is 53.5 Å². The molecule has 0 aliphatic heterocycles. The average molecular weight is 406 g/mol. The van der Waals surface area contributed by atoms with Crippen molar-refractivity contribution in [1.29, 1.82) is 0 Å². The highest BCUT2D eigenvalue weighted by Crippen LogP contribution is 2.20. The van der Waals surface area contributed by atoms with Crippen LogP contribution in [-0.2, 0) is 16.0 Å². The number of carbonyl (C=O) groups excluding carboxylic acids is 2. The Morgan fingerprint density at radius 1 is 1.10 bits per heavy atom. The van der Waals surface area contributed by atoms with Gasteiger partial charge >= 0.3 is 5.97 Å². The molecule has 0 unspecified atom stereocenters. The van der Waals surface area contributed by atoms with Crippen molar-refractivity contribution < 1.29 is 14.3 Å². The normalized spacial score (nSPS) is 11.8. The standard InChI is InChI=1S/C23H26N4O3/c1-3-4-6-18-9-11-19(12-10-18)22(28)13-14-23(29)30-17(2)20-7-5-8-21(15-20)27-16-24-25-26-27/h5,7-12,15-17H,3-4,6,13-14H2,1-2H3/t17-/m1/s1. The number of aromatic nitrogens is 4. The fourth-order valence-electron chi connectivity index (χ4n) is 3.12. The van der Waals surface area contributed by atoms with Gasteiger partial charge in [-0.25, -0.2) is 4.68 Å². The van der Waals surface area contributed by atoms with Crippen molar-refractivity contribution in [2.24, 2.45) is 0 Å². The lowest BCUT2D eigenvalue weighted by Crippen LogP contribution is -2.11. The number of nitrogens with zero attached hydrogens (tertiary/aromatic N) is 4. The second-order valence-electron chi connectivity index (χ2n) is 7.21. The summed E-state index contributed by atoms with van der Waals surface area (Å²) in [5.41, 5.74) is 3.46. The zero-order valence-electron chi connectivity index (χ0n) is 17.3. The van der Waals surface area contributed by atoms with Crippen LogP contribution in [0.1, 0.15) is 67.1 Å². The van der Waals surface area contributed by atoms with Crippen LogP contribution in [0.5, 0.6) is 0 Å². The summed E-state index contributed by atoms with van der Waals surface area (Å²) in [6, 6.07) is 15.1. The second-order valence-corrected chi connectivity index (χ2v) is 7.21. The number of Topliss-reactive ketones (excluding diaryl/α,β-unsaturated/α-hetero) is 1. The molecule has 3 rings (SSSR count). The van der Waals surface area contributed by atoms with Gasteiger partial charge in [0.2, 0.25) is 0 Å². The summed E-state index contributed by atoms with van der Waals surface area (Å²) >= 11 is 0. The number of hydrogen-bond donors (Lipinski definition) is 0. The molecule has 30 heavy (non-hydrogen) atoms. The van der Waals surface area contributed by atoms with E-state index < -0.39 is 12.1 Å². The van der Waals surface area contributed by atoms with Crippen LogP contribution in [0.3, 0.4) is 0 Å². The van der Waals surface area contributed by atoms with E-state index in [4.69, 9.17) is 4.74 Å². The Kier molecular flexibility index (Phi) is 7.43. The molecule has 0 fully saturated rings. The quantitative estimate of drug-likeness (QED) is 0.369. The van der Waals surface area contributed by atoms with Crippen molar-refractivity contribution in [3.63, 3.8) is 0 Å². The SMILES string of the molecule is CCCCc1ccc(C(=O)CCC(=O)O[C@H](C)c2cccc(-n3cnnn3)c2)cc1. The Hall–Kier alpha value is -3.35. The predicted molar refractivity (Wildman–Crippen MR) is 112 cm³/mol. The molecule has 156 valence electrons. The minimum Gasteiger partial charge on any atom is -0.458 e. The third kappa shape index (κ3) is 5.83. The Bertz CT molecular complexity index is 968. The molecule has 0 saturated heterocycles. The van der Waals surface area contributed by atoms with Gasteiger partial charge in [0.1, 0.15) is 12.4 Å². The number of carbonyl (C=O) groups is 2. The summed E-state index contributed by atoms with van der Waals surface area (Å²) in [7, 11) is 0. The Balaban J connectivity index is 1.50. The van der Waals surface area contributed by atoms with E-state index in [0.29, 0.717) is 5.56 Å². The van der Waals surface area contributed by atoms with Gasteiger partial charge in [-0.3, -0.25) is 9.59 Å². The molecule has 0 radical (unpaired) electrons. The van der Waals surface area contributed by atoms with Gasteiger partial charge in [0, 0.05) is 12.0 Å². The zero-order chi connectivity index (χ0) is 21.3. The smallest absolute Gasteiger partial charge is 0.306 e. The van der Waals surface area contributed by atoms with Gasteiger partial charge in [0.05, 0.1) is 12.1 Å². The van der Waals surface area contributed by atoms with E-state index in [9.17, 15) is 9.59 Å². The zero-order valence-corrected chi connectivity index (χ0v) is 17.3. The van der Waals surface area contributed by atoms with Crippen LogP contribution in [0.4, 0.5) is 0 Å². The van der Waals surface area contributed by atoms with Crippen molar-refractivity contribution >= 4 is 11.8 Å². The van der Waals surface area contributed by atoms with Gasteiger partial charge in [-0.1, -0.05) is 49.7 Å². The lowest BCUT2D eigenvalue weighted by atomic mass is 10.0. The summed E-state index contributed by atoms with van der Waals surface area (Å²) in [5, 5.41) is 11.1. The minimum absolute atomic E-state index is 0.0491. The first kappa shape index (κ1) is 21.4. The number of ketones is 1. The Labute approximate surface area is 176 Å². The molecule has 0 amide bonds. The monoisotopic (exact) mass is 406 g/mol. The Morgan fingerprint density at radius 2 is 1.90 bits per heavy atom. The molecule has 1 aromatic heterocycles. The summed E-state index contributed by atoms with van der Waals surface area (Å²) in [6.45, 7) is 3.95. The van der Waals surface area contributed by atoms with Gasteiger partial charge in [-0.2, -0.15) is 0 Å². The minimum atomic E-state index is -0.443. The molecule has 7 heteroatoms. The van der Waals surface area contributed by atoms with Gasteiger partial charge in [-0.15, -0.1) is 5.10 Å². The van der Waals surface area contributed by atoms with Crippen molar-refractivity contribution in [2.75, 3.05) is 0 Å². The van der Waals surface area contributed by atoms with Crippen LogP contribution in [-0.4, -0.2) is 32.0 Å². The van der Waals surface area contributed by atoms with Crippen LogP contribution >= 0.6 is 0 Å². The van der Waals surface area contributed by atoms with E-state index in [0.717, 1.165) is 30.5 Å². The lowest BCUT2D eigenvalue weighted by Gasteiger charge is -2.14. The molecule has 1 heterocycles. The lowest BCUT2D eigenvalue weighted by molar-refractivity contribution is -0.148. The molecule has 7 nitrogen and oxygen atoms in total. The van der Waals surface area contributed by atoms with Crippen LogP contribution in [0, 0.1) is 0 Å². The number of tetrazole rings is 1. The molecule has 0 aliphatic carbocycles. The van der Waals surface area contributed by atoms with Gasteiger partial charge in [0.15, 0.2) is 5.78 Å². The topological polar surface area (TPSA) is 87.0 Å². The first-order valence-electron chi connectivity index (χ1n) is 10.2. The molecule has 3 aromatic rings. The molecule has 1 atom stereocenters. The predicted octanol–water partition coefficient (Wildman–Crippen LogP) is 4.27. The summed E-state index contributed by atoms with van der Waals surface area (Å²) in [5.74, 6) is -0.453. The Morgan fingerprint density at radius 3 is 2.60 bits per heavy atom. The van der Waals surface area contributed by atoms with E-state index in [1.54, 1.807) is 6.92 Å². The first-order chi connectivity index (χ1) is 14.6. The maximum atomic E-state index is 12.4. The number of unbranched alkanes of at least 4 members (excludes halogenated alkanes) is 1. The van der Waals surface area contributed by atoms with Crippen LogP contribution < -0.4 is 0 Å². The maximum absolute atomic E-state index is 12.4. The van der Waals surface area contributed by atoms with E-state index in [1.165, 1.54) is 16.6 Å². The highest BCUT2D eigenvalue weighted by molar-refractivity contribution is 5.97. The first-order valence-corrected chi connectivity index (χ1v) is 10.2. The van der Waals surface area contributed by atoms with Gasteiger partial charge < -0.3 is 4.74 Å². The fourth-order valence-corrected chi connectivity index (χ4v) is 3.12. The molecule has 0 saturated carbocycles. The van der Waals surface area contributed by atoms with E-state index in [2.05, 4.69) is 22.4 Å². The van der Waals surface area contributed by atoms with Crippen molar-refractivity contribution in [1.82, 2.24) is 20.2 Å². The third-order valence-corrected chi connectivity index (χ3v) is 4.91. The second kappa shape index (κ2) is 10.4. The molecule has 0 spiro atoms. The van der Waals surface area contributed by atoms with Crippen LogP contribution in [0.25, 0.3) is 5.69 Å². The highest BCUT2D eigenvalue weighted by Gasteiger charge is 2.15. The average Bonchev–Trinajstić information content (AvgIpc) is 3.31. The van der Waals surface area contributed by atoms with Gasteiger partial charge in [0.25, 0.3) is 0 Å². The number of rotatable bonds is 10. The maximum Gasteiger partial charge on any atom is 0.306 e. The summed E-state index contributed by atoms with van der Waals surface area (Å²) < 4.78 is 7.04. The van der Waals surface area contributed by atoms with Crippen LogP contribution in [0.15, 0.2) is 54.9 Å². The molecule has 0 bridgehead atoms. The fraction of sp³-hybridized carbons (Fsp3) is 0.348. The summed E-state index contributed by atoms with van der Waals surface area (Å²) in [4.78, 5) is 24.6. The number of hydrogen-bond acceptors (Lipinski definition) is 6. The van der Waals surface area contributed by atoms with E-state index >= 15 is 0 Å². The summed E-state index contributed by atoms with van der Waals surface area (Å²) in [6.07, 6.45) is 4.53. The highest BCUT2D eigenvalue weighted by atomic mass is 16.5. The van der Waals surface area contributed by atoms with E-state index in [-0.39, 0.29) is 18.6 Å². The molecular formula is C23H26N4O3. The number of benzene rings is 2. The molecular weight excluding hydrogens is 380 g/mol. The van der Waals surface area contributed by atoms with Crippen molar-refractivity contribution in [3.8, 4) is 5.69 Å². The largest absolute Gasteiger partial charge is 0.458 e.